The van der Waals surface area contributed by atoms with E-state index in [-0.39, 0.29) is 0 Å². The number of hydrogen-bond donors (Lipinski definition) is 1. The van der Waals surface area contributed by atoms with Crippen LogP contribution in [0.5, 0.6) is 0 Å². The first kappa shape index (κ1) is 16.4. The van der Waals surface area contributed by atoms with Gasteiger partial charge in [-0.2, -0.15) is 0 Å². The van der Waals surface area contributed by atoms with E-state index in [2.05, 4.69) is 86.6 Å². The SMILES string of the molecule is CC=C[N](C=CC)[Sn]1([N](C=CC)C=CC)[CH2]CC[NH]1. The summed E-state index contributed by atoms with van der Waals surface area (Å²) in [7, 11) is 0. The van der Waals surface area contributed by atoms with Crippen LogP contribution in [0.2, 0.25) is 4.44 Å². The first-order chi connectivity index (χ1) is 9.25. The van der Waals surface area contributed by atoms with Gasteiger partial charge in [0.15, 0.2) is 0 Å². The third-order valence-corrected chi connectivity index (χ3v) is 15.1. The van der Waals surface area contributed by atoms with Crippen LogP contribution in [0.25, 0.3) is 0 Å². The normalized spacial score (nSPS) is 24.4. The number of rotatable bonds is 6. The monoisotopic (exact) mass is 369 g/mol. The molecule has 0 saturated carbocycles. The predicted molar refractivity (Wildman–Crippen MR) is 86.1 cm³/mol. The van der Waals surface area contributed by atoms with Crippen molar-refractivity contribution >= 4 is 19.2 Å². The first-order valence-electron chi connectivity index (χ1n) is 7.08. The van der Waals surface area contributed by atoms with Gasteiger partial charge in [-0.15, -0.1) is 0 Å². The van der Waals surface area contributed by atoms with Gasteiger partial charge in [0.2, 0.25) is 0 Å². The van der Waals surface area contributed by atoms with Gasteiger partial charge in [0.25, 0.3) is 0 Å². The van der Waals surface area contributed by atoms with Crippen LogP contribution in [0.4, 0.5) is 0 Å². The third kappa shape index (κ3) is 3.89. The molecule has 1 saturated heterocycles. The van der Waals surface area contributed by atoms with E-state index < -0.39 is 19.2 Å². The molecule has 0 unspecified atom stereocenters. The molecular weight excluding hydrogens is 341 g/mol. The maximum atomic E-state index is 3.87. The van der Waals surface area contributed by atoms with Gasteiger partial charge in [-0.05, 0) is 0 Å². The van der Waals surface area contributed by atoms with Crippen molar-refractivity contribution in [1.82, 2.24) is 9.78 Å². The van der Waals surface area contributed by atoms with E-state index in [4.69, 9.17) is 0 Å². The van der Waals surface area contributed by atoms with Crippen LogP contribution in [0.15, 0.2) is 49.1 Å². The second-order valence-corrected chi connectivity index (χ2v) is 14.6. The molecule has 0 aromatic carbocycles. The zero-order valence-corrected chi connectivity index (χ0v) is 15.5. The summed E-state index contributed by atoms with van der Waals surface area (Å²) in [5.41, 5.74) is 0. The standard InChI is InChI=1S/2C6H10N.C3H7N.Sn/c2*1-3-5-7-6-4-2;1-2-3-4;/h2*3-6H,1-2H3;4H,1-3H2;/q3*-1;+3. The molecule has 3 nitrogen and oxygen atoms in total. The summed E-state index contributed by atoms with van der Waals surface area (Å²) >= 11 is -2.78. The van der Waals surface area contributed by atoms with Gasteiger partial charge in [0.1, 0.15) is 0 Å². The van der Waals surface area contributed by atoms with Gasteiger partial charge in [0, 0.05) is 0 Å². The van der Waals surface area contributed by atoms with Crippen molar-refractivity contribution < 1.29 is 0 Å². The number of nitrogens with one attached hydrogen (secondary N) is 1. The Morgan fingerprint density at radius 1 is 0.789 bits per heavy atom. The summed E-state index contributed by atoms with van der Waals surface area (Å²) in [4.78, 5) is 0. The van der Waals surface area contributed by atoms with E-state index in [1.165, 1.54) is 10.9 Å². The molecule has 1 aliphatic rings. The molecule has 0 radical (unpaired) electrons. The fourth-order valence-corrected chi connectivity index (χ4v) is 14.4. The summed E-state index contributed by atoms with van der Waals surface area (Å²) in [6.07, 6.45) is 18.6. The van der Waals surface area contributed by atoms with Crippen LogP contribution in [0, 0.1) is 0 Å². The molecular formula is C15H27N3Sn. The van der Waals surface area contributed by atoms with E-state index in [1.54, 1.807) is 0 Å². The van der Waals surface area contributed by atoms with Crippen LogP contribution in [-0.2, 0) is 0 Å². The summed E-state index contributed by atoms with van der Waals surface area (Å²) in [6, 6.07) is 0. The van der Waals surface area contributed by atoms with Gasteiger partial charge in [0.05, 0.1) is 0 Å². The van der Waals surface area contributed by atoms with Crippen LogP contribution < -0.4 is 3.54 Å². The minimum atomic E-state index is -2.78. The van der Waals surface area contributed by atoms with E-state index in [0.717, 1.165) is 6.54 Å². The fraction of sp³-hybridized carbons (Fsp3) is 0.467. The summed E-state index contributed by atoms with van der Waals surface area (Å²) in [5.74, 6) is 0. The van der Waals surface area contributed by atoms with E-state index in [0.29, 0.717) is 0 Å². The van der Waals surface area contributed by atoms with Crippen molar-refractivity contribution in [2.45, 2.75) is 38.6 Å². The topological polar surface area (TPSA) is 18.5 Å². The molecule has 0 amide bonds. The number of hydrogen-bond acceptors (Lipinski definition) is 3. The van der Waals surface area contributed by atoms with E-state index in [1.807, 2.05) is 0 Å². The molecule has 0 aromatic rings. The first-order valence-corrected chi connectivity index (χ1v) is 13.1. The quantitative estimate of drug-likeness (QED) is 0.722. The van der Waals surface area contributed by atoms with Crippen molar-refractivity contribution in [3.8, 4) is 0 Å². The Bertz CT molecular complexity index is 312. The van der Waals surface area contributed by atoms with Gasteiger partial charge in [-0.3, -0.25) is 0 Å². The molecule has 1 aliphatic heterocycles. The van der Waals surface area contributed by atoms with Crippen LogP contribution in [0.1, 0.15) is 34.1 Å². The van der Waals surface area contributed by atoms with E-state index in [9.17, 15) is 0 Å². The molecule has 0 aromatic heterocycles. The average Bonchev–Trinajstić information content (AvgIpc) is 2.89. The Morgan fingerprint density at radius 2 is 1.21 bits per heavy atom. The van der Waals surface area contributed by atoms with E-state index >= 15 is 0 Å². The Kier molecular flexibility index (Phi) is 7.31. The Hall–Kier alpha value is -0.681. The number of allylic oxidation sites excluding steroid dienone is 4. The van der Waals surface area contributed by atoms with Gasteiger partial charge in [-0.25, -0.2) is 0 Å². The molecule has 0 aliphatic carbocycles. The van der Waals surface area contributed by atoms with Crippen molar-refractivity contribution in [3.63, 3.8) is 0 Å². The molecule has 0 bridgehead atoms. The molecule has 1 rings (SSSR count). The van der Waals surface area contributed by atoms with Crippen molar-refractivity contribution in [1.29, 1.82) is 0 Å². The number of nitrogens with zero attached hydrogens (tertiary/aromatic N) is 2. The molecule has 0 atom stereocenters. The average molecular weight is 368 g/mol. The molecule has 0 spiro atoms. The molecule has 19 heavy (non-hydrogen) atoms. The predicted octanol–water partition coefficient (Wildman–Crippen LogP) is 3.66. The zero-order chi connectivity index (χ0) is 14.1. The van der Waals surface area contributed by atoms with Gasteiger partial charge < -0.3 is 0 Å². The Labute approximate surface area is 123 Å². The van der Waals surface area contributed by atoms with Crippen molar-refractivity contribution in [2.75, 3.05) is 6.54 Å². The Morgan fingerprint density at radius 3 is 1.47 bits per heavy atom. The molecule has 106 valence electrons. The second kappa shape index (κ2) is 8.48. The summed E-state index contributed by atoms with van der Waals surface area (Å²) in [5, 5.41) is 0. The molecule has 1 heterocycles. The molecule has 1 fully saturated rings. The van der Waals surface area contributed by atoms with Gasteiger partial charge in [-0.1, -0.05) is 0 Å². The Balaban J connectivity index is 3.19. The zero-order valence-electron chi connectivity index (χ0n) is 12.6. The summed E-state index contributed by atoms with van der Waals surface area (Å²) in [6.45, 7) is 9.47. The van der Waals surface area contributed by atoms with Gasteiger partial charge >= 0.3 is 123 Å². The van der Waals surface area contributed by atoms with Crippen LogP contribution in [-0.4, -0.2) is 32.0 Å². The van der Waals surface area contributed by atoms with Crippen LogP contribution >= 0.6 is 0 Å². The summed E-state index contributed by atoms with van der Waals surface area (Å²) < 4.78 is 10.1. The fourth-order valence-electron chi connectivity index (χ4n) is 2.52. The van der Waals surface area contributed by atoms with Crippen LogP contribution in [0.3, 0.4) is 0 Å². The second-order valence-electron chi connectivity index (χ2n) is 4.59. The minimum absolute atomic E-state index is 1.13. The molecule has 4 heteroatoms. The van der Waals surface area contributed by atoms with Crippen molar-refractivity contribution in [3.05, 3.63) is 49.1 Å². The third-order valence-electron chi connectivity index (χ3n) is 3.20. The maximum absolute atomic E-state index is 3.87. The van der Waals surface area contributed by atoms with Crippen molar-refractivity contribution in [2.24, 2.45) is 0 Å². The molecule has 1 N–H and O–H groups in total.